The van der Waals surface area contributed by atoms with Gasteiger partial charge >= 0.3 is 33.3 Å². The molecule has 3 unspecified atom stereocenters. The van der Waals surface area contributed by atoms with Crippen molar-refractivity contribution in [1.82, 2.24) is 9.55 Å². The quantitative estimate of drug-likeness (QED) is 0.0117. The Labute approximate surface area is 419 Å². The predicted octanol–water partition coefficient (Wildman–Crippen LogP) is 9.08. The Bertz CT molecular complexity index is 1990. The highest BCUT2D eigenvalue weighted by atomic mass is 31.3. The van der Waals surface area contributed by atoms with Crippen molar-refractivity contribution < 1.29 is 71.4 Å². The molecule has 0 amide bonds. The van der Waals surface area contributed by atoms with E-state index in [1.165, 1.54) is 44.6 Å². The highest BCUT2D eigenvalue weighted by molar-refractivity contribution is 7.61. The van der Waals surface area contributed by atoms with Crippen molar-refractivity contribution in [2.45, 2.75) is 185 Å². The summed E-state index contributed by atoms with van der Waals surface area (Å²) in [5.41, 5.74) is 4.57. The van der Waals surface area contributed by atoms with Crippen molar-refractivity contribution in [2.24, 2.45) is 0 Å². The van der Waals surface area contributed by atoms with Crippen LogP contribution in [0.2, 0.25) is 0 Å². The Hall–Kier alpha value is -3.84. The summed E-state index contributed by atoms with van der Waals surface area (Å²) in [7, 11) is -10.9. The van der Waals surface area contributed by atoms with Crippen molar-refractivity contribution in [3.63, 3.8) is 0 Å². The third kappa shape index (κ3) is 30.7. The summed E-state index contributed by atoms with van der Waals surface area (Å²) in [5.74, 6) is -1.42. The van der Waals surface area contributed by atoms with Crippen LogP contribution in [0, 0.1) is 0 Å². The summed E-state index contributed by atoms with van der Waals surface area (Å²) >= 11 is 0. The average molecular weight is 1040 g/mol. The van der Waals surface area contributed by atoms with Crippen LogP contribution in [0.5, 0.6) is 0 Å². The van der Waals surface area contributed by atoms with Crippen LogP contribution in [0.25, 0.3) is 0 Å². The number of rotatable bonds is 40. The number of phosphoric ester groups is 2. The lowest BCUT2D eigenvalue weighted by molar-refractivity contribution is -0.161. The summed E-state index contributed by atoms with van der Waals surface area (Å²) in [5, 5.41) is 30.8. The molecule has 2 rings (SSSR count). The minimum absolute atomic E-state index is 0.0104. The molecule has 1 fully saturated rings. The van der Waals surface area contributed by atoms with E-state index in [1.807, 2.05) is 49.5 Å². The summed E-state index contributed by atoms with van der Waals surface area (Å²) in [4.78, 5) is 61.8. The molecule has 0 aromatic carbocycles. The summed E-state index contributed by atoms with van der Waals surface area (Å²) < 4.78 is 56.6. The first-order valence-corrected chi connectivity index (χ1v) is 28.0. The summed E-state index contributed by atoms with van der Waals surface area (Å²) in [6, 6.07) is 1.24. The Morgan fingerprint density at radius 3 is 2.04 bits per heavy atom. The largest absolute Gasteiger partial charge is 0.481 e. The monoisotopic (exact) mass is 1040 g/mol. The summed E-state index contributed by atoms with van der Waals surface area (Å²) in [6.07, 6.45) is 34.7. The number of allylic oxidation sites excluding steroid dienone is 10. The molecule has 1 saturated heterocycles. The normalized spacial score (nSPS) is 20.2. The van der Waals surface area contributed by atoms with E-state index in [0.717, 1.165) is 68.6 Å². The lowest BCUT2D eigenvalue weighted by Gasteiger charge is -2.21. The number of hydrogen-bond donors (Lipinski definition) is 6. The minimum atomic E-state index is -5.45. The van der Waals surface area contributed by atoms with Crippen molar-refractivity contribution in [3.05, 3.63) is 95.7 Å². The van der Waals surface area contributed by atoms with Crippen LogP contribution in [0.4, 0.5) is 5.82 Å². The molecule has 7 N–H and O–H groups in total. The van der Waals surface area contributed by atoms with Crippen LogP contribution in [0.3, 0.4) is 0 Å². The molecule has 2 heterocycles. The van der Waals surface area contributed by atoms with Crippen LogP contribution in [0.1, 0.15) is 155 Å². The van der Waals surface area contributed by atoms with Gasteiger partial charge in [-0.05, 0) is 76.7 Å². The van der Waals surface area contributed by atoms with Gasteiger partial charge in [0.2, 0.25) is 0 Å². The molecule has 402 valence electrons. The Balaban J connectivity index is 1.85. The molecule has 0 aliphatic carbocycles. The number of carbonyl (C=O) groups is 2. The van der Waals surface area contributed by atoms with Crippen LogP contribution in [0.15, 0.2) is 90.0 Å². The third-order valence-electron chi connectivity index (χ3n) is 10.9. The van der Waals surface area contributed by atoms with Crippen molar-refractivity contribution in [1.29, 1.82) is 0 Å². The van der Waals surface area contributed by atoms with Gasteiger partial charge < -0.3 is 45.1 Å². The molecular formula is C50H81N3O16P2. The molecule has 0 bridgehead atoms. The van der Waals surface area contributed by atoms with Crippen LogP contribution in [-0.2, 0) is 46.3 Å². The Kier molecular flexibility index (Phi) is 33.7. The third-order valence-corrected chi connectivity index (χ3v) is 13.5. The highest BCUT2D eigenvalue weighted by Crippen LogP contribution is 2.60. The number of unbranched alkanes of at least 4 members (excludes halogenated alkanes) is 12. The minimum Gasteiger partial charge on any atom is -0.462 e. The summed E-state index contributed by atoms with van der Waals surface area (Å²) in [6.45, 7) is 1.85. The number of esters is 2. The first-order valence-electron chi connectivity index (χ1n) is 25.1. The van der Waals surface area contributed by atoms with Gasteiger partial charge in [-0.1, -0.05) is 138 Å². The molecule has 19 nitrogen and oxygen atoms in total. The first-order chi connectivity index (χ1) is 34.1. The number of aromatic nitrogens is 2. The number of aliphatic hydroxyl groups excluding tert-OH is 3. The second-order valence-electron chi connectivity index (χ2n) is 17.1. The molecule has 1 aliphatic heterocycles. The Morgan fingerprint density at radius 2 is 1.37 bits per heavy atom. The second-order valence-corrected chi connectivity index (χ2v) is 20.2. The van der Waals surface area contributed by atoms with Crippen LogP contribution >= 0.6 is 15.6 Å². The van der Waals surface area contributed by atoms with Gasteiger partial charge in [-0.25, -0.2) is 13.9 Å². The Morgan fingerprint density at radius 1 is 0.761 bits per heavy atom. The van der Waals surface area contributed by atoms with E-state index in [-0.39, 0.29) is 18.7 Å². The highest BCUT2D eigenvalue weighted by Gasteiger charge is 2.46. The van der Waals surface area contributed by atoms with Crippen LogP contribution in [-0.4, -0.2) is 96.9 Å². The van der Waals surface area contributed by atoms with Crippen molar-refractivity contribution in [2.75, 3.05) is 25.6 Å². The molecule has 0 saturated carbocycles. The van der Waals surface area contributed by atoms with Crippen LogP contribution < -0.4 is 11.4 Å². The molecule has 1 aliphatic rings. The molecular weight excluding hydrogens is 961 g/mol. The zero-order valence-corrected chi connectivity index (χ0v) is 43.4. The maximum absolute atomic E-state index is 12.8. The molecule has 8 atom stereocenters. The number of hydrogen-bond acceptors (Lipinski definition) is 16. The van der Waals surface area contributed by atoms with Gasteiger partial charge in [-0.3, -0.25) is 23.2 Å². The van der Waals surface area contributed by atoms with Gasteiger partial charge in [0.15, 0.2) is 12.3 Å². The first kappa shape index (κ1) is 63.3. The molecule has 21 heteroatoms. The van der Waals surface area contributed by atoms with Crippen molar-refractivity contribution in [3.8, 4) is 0 Å². The molecule has 0 spiro atoms. The van der Waals surface area contributed by atoms with Gasteiger partial charge in [0.25, 0.3) is 0 Å². The fourth-order valence-corrected chi connectivity index (χ4v) is 9.06. The number of nitrogens with zero attached hydrogens (tertiary/aromatic N) is 2. The second kappa shape index (κ2) is 37.8. The smallest absolute Gasteiger partial charge is 0.462 e. The molecule has 1 aromatic rings. The van der Waals surface area contributed by atoms with Gasteiger partial charge in [0.1, 0.15) is 30.7 Å². The number of phosphoric acid groups is 2. The zero-order chi connectivity index (χ0) is 52.2. The van der Waals surface area contributed by atoms with E-state index in [2.05, 4.69) is 40.5 Å². The van der Waals surface area contributed by atoms with E-state index < -0.39 is 89.8 Å². The average Bonchev–Trinajstić information content (AvgIpc) is 3.60. The molecule has 0 radical (unpaired) electrons. The SMILES string of the molecule is CC/C=C/CC(O)/C=C/C=C/CCCCCCCC(=O)O[C@H](COC(=O)CCC/C=C\C/C=C\C/C=C\CCCCCCCC)COP(=O)(O)OP(=O)(O)OC[C@H]1O[C@@H](n2ccc(N)nc2=O)[C@H](O)[C@@H]1O. The number of nitrogen functional groups attached to an aromatic ring is 1. The molecule has 71 heavy (non-hydrogen) atoms. The van der Waals surface area contributed by atoms with E-state index >= 15 is 0 Å². The lowest BCUT2D eigenvalue weighted by Crippen LogP contribution is -2.36. The maximum Gasteiger partial charge on any atom is 0.481 e. The number of aliphatic hydroxyl groups is 3. The number of anilines is 1. The van der Waals surface area contributed by atoms with Gasteiger partial charge in [0, 0.05) is 19.0 Å². The van der Waals surface area contributed by atoms with Gasteiger partial charge in [0.05, 0.1) is 19.3 Å². The number of nitrogens with two attached hydrogens (primary N) is 1. The predicted molar refractivity (Wildman–Crippen MR) is 271 cm³/mol. The van der Waals surface area contributed by atoms with E-state index in [0.29, 0.717) is 25.7 Å². The standard InChI is InChI=1S/C50H81N3O16P2/c1-3-5-7-8-9-10-11-12-13-14-15-16-17-20-23-26-30-34-45(55)64-38-42(67-46(56)35-31-27-24-21-18-19-22-25-29-33-41(54)32-28-6-4-2)39-65-70(60,61)69-71(62,63)66-40-43-47(57)48(58)49(68-43)53-37-36-44(51)52-50(53)59/h6,12-13,15-16,20,22-23,25,28-29,33,36-37,41-43,47-49,54,57-58H,3-5,7-11,14,17-19,21,24,26-27,30-32,34-35,38-40H2,1-2H3,(H,60,61)(H,62,63)(H2,51,52,59)/b13-12-,16-15-,23-20-,25-22+,28-6+,33-29+/t41?,42-,43-,47-,48-,49-/m1/s1. The number of carbonyl (C=O) groups excluding carboxylic acids is 2. The lowest BCUT2D eigenvalue weighted by atomic mass is 10.1. The fraction of sp³-hybridized carbons (Fsp3) is 0.640. The maximum atomic E-state index is 12.8. The fourth-order valence-electron chi connectivity index (χ4n) is 6.95. The topological polar surface area (TPSA) is 286 Å². The number of ether oxygens (including phenoxy) is 3. The van der Waals surface area contributed by atoms with E-state index in [1.54, 1.807) is 6.08 Å². The van der Waals surface area contributed by atoms with E-state index in [9.17, 15) is 48.6 Å². The van der Waals surface area contributed by atoms with E-state index in [4.69, 9.17) is 29.0 Å². The van der Waals surface area contributed by atoms with Gasteiger partial charge in [-0.2, -0.15) is 9.29 Å². The van der Waals surface area contributed by atoms with Gasteiger partial charge in [-0.15, -0.1) is 0 Å². The van der Waals surface area contributed by atoms with Crippen molar-refractivity contribution >= 4 is 33.4 Å². The zero-order valence-electron chi connectivity index (χ0n) is 41.6. The molecule has 1 aromatic heterocycles.